The summed E-state index contributed by atoms with van der Waals surface area (Å²) < 4.78 is 10.6. The number of aromatic hydroxyl groups is 2. The average molecular weight is 428 g/mol. The molecular weight excluding hydrogens is 404 g/mol. The van der Waals surface area contributed by atoms with Crippen LogP contribution >= 0.6 is 0 Å². The molecule has 0 aliphatic rings. The summed E-state index contributed by atoms with van der Waals surface area (Å²) in [4.78, 5) is 12.2. The average Bonchev–Trinajstić information content (AvgIpc) is 2.80. The third kappa shape index (κ3) is 4.23. The molecule has 0 bridgehead atoms. The maximum atomic E-state index is 12.2. The molecule has 0 unspecified atom stereocenters. The molecule has 4 aromatic rings. The van der Waals surface area contributed by atoms with Crippen LogP contribution in [0.5, 0.6) is 17.2 Å². The Hall–Kier alpha value is -3.99. The van der Waals surface area contributed by atoms with Gasteiger partial charge in [-0.05, 0) is 65.6 Å². The number of esters is 1. The number of benzene rings is 4. The van der Waals surface area contributed by atoms with Crippen LogP contribution < -0.4 is 4.74 Å². The Bertz CT molecular complexity index is 1280. The van der Waals surface area contributed by atoms with Gasteiger partial charge in [-0.1, -0.05) is 36.4 Å². The smallest absolute Gasteiger partial charge is 0.338 e. The Morgan fingerprint density at radius 1 is 0.844 bits per heavy atom. The summed E-state index contributed by atoms with van der Waals surface area (Å²) in [6, 6.07) is 22.1. The molecule has 0 fully saturated rings. The molecule has 0 atom stereocenters. The lowest BCUT2D eigenvalue weighted by molar-refractivity contribution is 0.0526. The normalized spacial score (nSPS) is 10.8. The van der Waals surface area contributed by atoms with E-state index in [1.54, 1.807) is 26.2 Å². The van der Waals surface area contributed by atoms with Crippen molar-refractivity contribution in [2.45, 2.75) is 13.3 Å². The minimum absolute atomic E-state index is 0.0333. The standard InChI is InChI=1S/C27H24O5/c1-3-32-27(30)21-14-23-22(25(29)15-21)13-19(16-26(23)31-2)18-9-10-24(28)20(12-18)11-17-7-5-4-6-8-17/h4-10,12-16,28-29H,3,11H2,1-2H3. The van der Waals surface area contributed by atoms with Gasteiger partial charge in [0.25, 0.3) is 0 Å². The molecule has 0 heterocycles. The van der Waals surface area contributed by atoms with Gasteiger partial charge in [0.2, 0.25) is 0 Å². The number of rotatable bonds is 6. The van der Waals surface area contributed by atoms with Crippen LogP contribution in [0.25, 0.3) is 21.9 Å². The summed E-state index contributed by atoms with van der Waals surface area (Å²) in [5, 5.41) is 22.2. The van der Waals surface area contributed by atoms with E-state index in [-0.39, 0.29) is 23.7 Å². The van der Waals surface area contributed by atoms with Gasteiger partial charge in [-0.2, -0.15) is 0 Å². The van der Waals surface area contributed by atoms with Crippen molar-refractivity contribution in [1.29, 1.82) is 0 Å². The van der Waals surface area contributed by atoms with Crippen LogP contribution in [0.4, 0.5) is 0 Å². The molecule has 4 aromatic carbocycles. The fourth-order valence-electron chi connectivity index (χ4n) is 3.80. The van der Waals surface area contributed by atoms with E-state index in [4.69, 9.17) is 9.47 Å². The van der Waals surface area contributed by atoms with Gasteiger partial charge in [0, 0.05) is 17.2 Å². The first-order valence-electron chi connectivity index (χ1n) is 10.4. The Labute approximate surface area is 186 Å². The van der Waals surface area contributed by atoms with Gasteiger partial charge in [0.05, 0.1) is 19.3 Å². The first kappa shape index (κ1) is 21.2. The predicted octanol–water partition coefficient (Wildman–Crippen LogP) is 5.69. The number of phenolic OH excluding ortho intramolecular Hbond substituents is 2. The van der Waals surface area contributed by atoms with Crippen LogP contribution in [0.1, 0.15) is 28.4 Å². The minimum atomic E-state index is -0.500. The molecule has 162 valence electrons. The zero-order valence-electron chi connectivity index (χ0n) is 18.0. The van der Waals surface area contributed by atoms with Crippen molar-refractivity contribution in [1.82, 2.24) is 0 Å². The zero-order chi connectivity index (χ0) is 22.7. The Kier molecular flexibility index (Phi) is 5.99. The molecule has 0 saturated heterocycles. The number of carbonyl (C=O) groups is 1. The number of ether oxygens (including phenoxy) is 2. The van der Waals surface area contributed by atoms with E-state index in [2.05, 4.69) is 0 Å². The molecule has 0 amide bonds. The SMILES string of the molecule is CCOC(=O)c1cc(O)c2cc(-c3ccc(O)c(Cc4ccccc4)c3)cc(OC)c2c1. The number of fused-ring (bicyclic) bond motifs is 1. The van der Waals surface area contributed by atoms with Gasteiger partial charge < -0.3 is 19.7 Å². The maximum Gasteiger partial charge on any atom is 0.338 e. The van der Waals surface area contributed by atoms with Crippen LogP contribution in [-0.2, 0) is 11.2 Å². The van der Waals surface area contributed by atoms with Crippen LogP contribution in [0, 0.1) is 0 Å². The lowest BCUT2D eigenvalue weighted by Crippen LogP contribution is -2.04. The highest BCUT2D eigenvalue weighted by Crippen LogP contribution is 2.38. The topological polar surface area (TPSA) is 76.0 Å². The second-order valence-electron chi connectivity index (χ2n) is 7.50. The molecule has 0 aliphatic heterocycles. The van der Waals surface area contributed by atoms with Crippen molar-refractivity contribution in [2.24, 2.45) is 0 Å². The lowest BCUT2D eigenvalue weighted by atomic mass is 9.95. The Morgan fingerprint density at radius 2 is 1.62 bits per heavy atom. The number of hydrogen-bond acceptors (Lipinski definition) is 5. The quantitative estimate of drug-likeness (QED) is 0.386. The fourth-order valence-corrected chi connectivity index (χ4v) is 3.80. The first-order valence-corrected chi connectivity index (χ1v) is 10.4. The highest BCUT2D eigenvalue weighted by molar-refractivity contribution is 6.02. The second-order valence-corrected chi connectivity index (χ2v) is 7.50. The zero-order valence-corrected chi connectivity index (χ0v) is 18.0. The number of carbonyl (C=O) groups excluding carboxylic acids is 1. The fraction of sp³-hybridized carbons (Fsp3) is 0.148. The summed E-state index contributed by atoms with van der Waals surface area (Å²) in [5.74, 6) is 0.220. The van der Waals surface area contributed by atoms with Crippen molar-refractivity contribution >= 4 is 16.7 Å². The molecule has 5 heteroatoms. The monoisotopic (exact) mass is 428 g/mol. The summed E-state index contributed by atoms with van der Waals surface area (Å²) in [7, 11) is 1.55. The van der Waals surface area contributed by atoms with Crippen LogP contribution in [-0.4, -0.2) is 29.9 Å². The second kappa shape index (κ2) is 9.02. The summed E-state index contributed by atoms with van der Waals surface area (Å²) in [6.45, 7) is 1.98. The van der Waals surface area contributed by atoms with Crippen molar-refractivity contribution in [3.8, 4) is 28.4 Å². The van der Waals surface area contributed by atoms with Crippen LogP contribution in [0.15, 0.2) is 72.8 Å². The Balaban J connectivity index is 1.80. The minimum Gasteiger partial charge on any atom is -0.508 e. The summed E-state index contributed by atoms with van der Waals surface area (Å²) >= 11 is 0. The van der Waals surface area contributed by atoms with E-state index in [9.17, 15) is 15.0 Å². The van der Waals surface area contributed by atoms with Gasteiger partial charge in [-0.25, -0.2) is 4.79 Å². The molecule has 5 nitrogen and oxygen atoms in total. The van der Waals surface area contributed by atoms with E-state index in [1.807, 2.05) is 54.6 Å². The van der Waals surface area contributed by atoms with E-state index in [0.717, 1.165) is 22.3 Å². The van der Waals surface area contributed by atoms with Crippen LogP contribution in [0.3, 0.4) is 0 Å². The predicted molar refractivity (Wildman–Crippen MR) is 124 cm³/mol. The van der Waals surface area contributed by atoms with Gasteiger partial charge >= 0.3 is 5.97 Å². The number of hydrogen-bond donors (Lipinski definition) is 2. The van der Waals surface area contributed by atoms with E-state index >= 15 is 0 Å². The number of methoxy groups -OCH3 is 1. The largest absolute Gasteiger partial charge is 0.508 e. The van der Waals surface area contributed by atoms with Crippen LogP contribution in [0.2, 0.25) is 0 Å². The van der Waals surface area contributed by atoms with Crippen molar-refractivity contribution in [3.05, 3.63) is 89.5 Å². The third-order valence-corrected chi connectivity index (χ3v) is 5.39. The van der Waals surface area contributed by atoms with Crippen molar-refractivity contribution in [2.75, 3.05) is 13.7 Å². The molecule has 0 radical (unpaired) electrons. The third-order valence-electron chi connectivity index (χ3n) is 5.39. The number of phenols is 2. The summed E-state index contributed by atoms with van der Waals surface area (Å²) in [6.07, 6.45) is 0.597. The van der Waals surface area contributed by atoms with Gasteiger partial charge in [-0.15, -0.1) is 0 Å². The van der Waals surface area contributed by atoms with E-state index in [1.165, 1.54) is 6.07 Å². The first-order chi connectivity index (χ1) is 15.5. The molecule has 0 saturated carbocycles. The molecule has 4 rings (SSSR count). The lowest BCUT2D eigenvalue weighted by Gasteiger charge is -2.14. The maximum absolute atomic E-state index is 12.2. The molecule has 2 N–H and O–H groups in total. The Morgan fingerprint density at radius 3 is 2.34 bits per heavy atom. The van der Waals surface area contributed by atoms with Crippen molar-refractivity contribution in [3.63, 3.8) is 0 Å². The van der Waals surface area contributed by atoms with Gasteiger partial charge in [0.1, 0.15) is 17.2 Å². The van der Waals surface area contributed by atoms with Gasteiger partial charge in [-0.3, -0.25) is 0 Å². The molecule has 0 aliphatic carbocycles. The van der Waals surface area contributed by atoms with Gasteiger partial charge in [0.15, 0.2) is 0 Å². The molecule has 0 spiro atoms. The molecular formula is C27H24O5. The summed E-state index contributed by atoms with van der Waals surface area (Å²) in [5.41, 5.74) is 3.86. The molecule has 0 aromatic heterocycles. The highest BCUT2D eigenvalue weighted by atomic mass is 16.5. The molecule has 32 heavy (non-hydrogen) atoms. The van der Waals surface area contributed by atoms with E-state index < -0.39 is 5.97 Å². The van der Waals surface area contributed by atoms with E-state index in [0.29, 0.717) is 22.9 Å². The van der Waals surface area contributed by atoms with Crippen molar-refractivity contribution < 1.29 is 24.5 Å². The highest BCUT2D eigenvalue weighted by Gasteiger charge is 2.16.